The Morgan fingerprint density at radius 1 is 1.36 bits per heavy atom. The molecule has 1 aromatic carbocycles. The fourth-order valence-corrected chi connectivity index (χ4v) is 3.59. The van der Waals surface area contributed by atoms with Crippen LogP contribution in [0.25, 0.3) is 0 Å². The lowest BCUT2D eigenvalue weighted by molar-refractivity contribution is -0.124. The number of nitrogens with one attached hydrogen (secondary N) is 2. The molecule has 1 aliphatic rings. The van der Waals surface area contributed by atoms with Crippen molar-refractivity contribution in [1.29, 1.82) is 0 Å². The molecule has 2 aromatic rings. The van der Waals surface area contributed by atoms with Crippen molar-refractivity contribution in [1.82, 2.24) is 10.3 Å². The van der Waals surface area contributed by atoms with Gasteiger partial charge in [-0.1, -0.05) is 19.3 Å². The van der Waals surface area contributed by atoms with Crippen LogP contribution in [0.4, 0.5) is 10.9 Å². The van der Waals surface area contributed by atoms with Crippen LogP contribution in [0.3, 0.4) is 0 Å². The molecule has 0 saturated heterocycles. The predicted octanol–water partition coefficient (Wildman–Crippen LogP) is 3.01. The molecule has 8 nitrogen and oxygen atoms in total. The van der Waals surface area contributed by atoms with Crippen LogP contribution in [-0.4, -0.2) is 36.9 Å². The minimum absolute atomic E-state index is 0.0344. The second-order valence-electron chi connectivity index (χ2n) is 6.55. The number of amides is 1. The normalized spacial score (nSPS) is 14.8. The largest absolute Gasteiger partial charge is 0.493 e. The minimum atomic E-state index is -0.105. The van der Waals surface area contributed by atoms with Crippen LogP contribution < -0.4 is 25.9 Å². The van der Waals surface area contributed by atoms with Gasteiger partial charge in [-0.3, -0.25) is 10.2 Å². The number of carbonyl (C=O) groups excluding carboxylic acids is 1. The van der Waals surface area contributed by atoms with Crippen LogP contribution in [-0.2, 0) is 4.79 Å². The molecule has 0 radical (unpaired) electrons. The van der Waals surface area contributed by atoms with E-state index >= 15 is 0 Å². The predicted molar refractivity (Wildman–Crippen MR) is 111 cm³/mol. The maximum Gasteiger partial charge on any atom is 0.258 e. The molecule has 28 heavy (non-hydrogen) atoms. The Morgan fingerprint density at radius 3 is 2.89 bits per heavy atom. The molecule has 1 aromatic heterocycles. The van der Waals surface area contributed by atoms with Crippen molar-refractivity contribution >= 4 is 34.4 Å². The molecule has 0 spiro atoms. The zero-order valence-electron chi connectivity index (χ0n) is 15.8. The number of methoxy groups -OCH3 is 1. The second kappa shape index (κ2) is 9.93. The highest BCUT2D eigenvalue weighted by atomic mass is 32.1. The van der Waals surface area contributed by atoms with Gasteiger partial charge in [0.2, 0.25) is 5.13 Å². The van der Waals surface area contributed by atoms with Crippen LogP contribution in [0.5, 0.6) is 11.5 Å². The molecule has 1 fully saturated rings. The smallest absolute Gasteiger partial charge is 0.258 e. The van der Waals surface area contributed by atoms with Crippen LogP contribution in [0.2, 0.25) is 0 Å². The van der Waals surface area contributed by atoms with E-state index < -0.39 is 0 Å². The van der Waals surface area contributed by atoms with Gasteiger partial charge >= 0.3 is 0 Å². The standard InChI is InChI=1S/C19H25N5O3S/c1-26-16-9-13(10-21-24-19-23-17(20)12-28-19)7-8-15(16)27-11-18(25)22-14-5-3-2-4-6-14/h7-10,12,14H,2-6,11,20H2,1H3,(H,22,25)(H,23,24). The lowest BCUT2D eigenvalue weighted by atomic mass is 9.95. The third kappa shape index (κ3) is 5.85. The monoisotopic (exact) mass is 403 g/mol. The van der Waals surface area contributed by atoms with E-state index in [1.165, 1.54) is 30.6 Å². The quantitative estimate of drug-likeness (QED) is 0.462. The highest BCUT2D eigenvalue weighted by Gasteiger charge is 2.16. The lowest BCUT2D eigenvalue weighted by Crippen LogP contribution is -2.39. The SMILES string of the molecule is COc1cc(C=NNc2nc(N)cs2)ccc1OCC(=O)NC1CCCCC1. The topological polar surface area (TPSA) is 111 Å². The number of aromatic nitrogens is 1. The molecule has 1 heterocycles. The Balaban J connectivity index is 1.52. The fourth-order valence-electron chi connectivity index (χ4n) is 3.04. The van der Waals surface area contributed by atoms with Gasteiger partial charge in [-0.15, -0.1) is 11.3 Å². The third-order valence-corrected chi connectivity index (χ3v) is 5.18. The van der Waals surface area contributed by atoms with E-state index in [0.29, 0.717) is 22.4 Å². The average molecular weight is 404 g/mol. The zero-order valence-corrected chi connectivity index (χ0v) is 16.6. The number of hydrazone groups is 1. The van der Waals surface area contributed by atoms with E-state index in [-0.39, 0.29) is 18.6 Å². The number of nitrogens with two attached hydrogens (primary N) is 1. The summed E-state index contributed by atoms with van der Waals surface area (Å²) >= 11 is 1.37. The number of nitrogen functional groups attached to an aromatic ring is 1. The molecule has 0 unspecified atom stereocenters. The molecule has 1 aliphatic carbocycles. The fraction of sp³-hybridized carbons (Fsp3) is 0.421. The first-order chi connectivity index (χ1) is 13.6. The summed E-state index contributed by atoms with van der Waals surface area (Å²) in [6.45, 7) is -0.0344. The molecule has 9 heteroatoms. The summed E-state index contributed by atoms with van der Waals surface area (Å²) in [5, 5.41) is 9.51. The Morgan fingerprint density at radius 2 is 2.18 bits per heavy atom. The van der Waals surface area contributed by atoms with E-state index in [4.69, 9.17) is 15.2 Å². The van der Waals surface area contributed by atoms with Crippen molar-refractivity contribution in [3.05, 3.63) is 29.1 Å². The van der Waals surface area contributed by atoms with E-state index in [0.717, 1.165) is 18.4 Å². The number of carbonyl (C=O) groups is 1. The van der Waals surface area contributed by atoms with Crippen molar-refractivity contribution in [2.45, 2.75) is 38.1 Å². The summed E-state index contributed by atoms with van der Waals surface area (Å²) in [6.07, 6.45) is 7.33. The highest BCUT2D eigenvalue weighted by molar-refractivity contribution is 7.14. The van der Waals surface area contributed by atoms with Gasteiger partial charge in [0.25, 0.3) is 5.91 Å². The van der Waals surface area contributed by atoms with Gasteiger partial charge in [0.05, 0.1) is 13.3 Å². The van der Waals surface area contributed by atoms with Gasteiger partial charge in [0.1, 0.15) is 5.82 Å². The molecule has 4 N–H and O–H groups in total. The molecule has 150 valence electrons. The molecule has 1 saturated carbocycles. The number of thiazole rings is 1. The number of nitrogens with zero attached hydrogens (tertiary/aromatic N) is 2. The van der Waals surface area contributed by atoms with Crippen LogP contribution in [0.1, 0.15) is 37.7 Å². The van der Waals surface area contributed by atoms with E-state index in [9.17, 15) is 4.79 Å². The Hall–Kier alpha value is -2.81. The van der Waals surface area contributed by atoms with Crippen molar-refractivity contribution in [2.24, 2.45) is 5.10 Å². The van der Waals surface area contributed by atoms with Gasteiger partial charge in [-0.2, -0.15) is 5.10 Å². The first-order valence-corrected chi connectivity index (χ1v) is 10.1. The number of hydrogen-bond donors (Lipinski definition) is 3. The Bertz CT molecular complexity index is 818. The Kier molecular flexibility index (Phi) is 7.07. The van der Waals surface area contributed by atoms with Crippen molar-refractivity contribution < 1.29 is 14.3 Å². The summed E-state index contributed by atoms with van der Waals surface area (Å²) < 4.78 is 11.0. The van der Waals surface area contributed by atoms with Gasteiger partial charge in [-0.25, -0.2) is 4.98 Å². The summed E-state index contributed by atoms with van der Waals surface area (Å²) in [7, 11) is 1.56. The lowest BCUT2D eigenvalue weighted by Gasteiger charge is -2.22. The van der Waals surface area contributed by atoms with E-state index in [2.05, 4.69) is 20.8 Å². The highest BCUT2D eigenvalue weighted by Crippen LogP contribution is 2.27. The minimum Gasteiger partial charge on any atom is -0.493 e. The number of anilines is 2. The second-order valence-corrected chi connectivity index (χ2v) is 7.41. The van der Waals surface area contributed by atoms with Crippen molar-refractivity contribution in [2.75, 3.05) is 24.9 Å². The first kappa shape index (κ1) is 19.9. The number of benzene rings is 1. The number of rotatable bonds is 8. The summed E-state index contributed by atoms with van der Waals surface area (Å²) in [4.78, 5) is 16.2. The molecular weight excluding hydrogens is 378 g/mol. The van der Waals surface area contributed by atoms with E-state index in [1.807, 2.05) is 6.07 Å². The molecule has 0 atom stereocenters. The van der Waals surface area contributed by atoms with Gasteiger partial charge < -0.3 is 20.5 Å². The summed E-state index contributed by atoms with van der Waals surface area (Å²) in [5.74, 6) is 1.40. The van der Waals surface area contributed by atoms with Gasteiger partial charge in [0.15, 0.2) is 18.1 Å². The van der Waals surface area contributed by atoms with Crippen LogP contribution in [0.15, 0.2) is 28.7 Å². The van der Waals surface area contributed by atoms with Crippen molar-refractivity contribution in [3.63, 3.8) is 0 Å². The zero-order chi connectivity index (χ0) is 19.8. The maximum atomic E-state index is 12.1. The van der Waals surface area contributed by atoms with Gasteiger partial charge in [0, 0.05) is 11.4 Å². The third-order valence-electron chi connectivity index (χ3n) is 4.41. The molecule has 1 amide bonds. The summed E-state index contributed by atoms with van der Waals surface area (Å²) in [6, 6.07) is 5.65. The molecule has 0 bridgehead atoms. The Labute approximate surface area is 168 Å². The van der Waals surface area contributed by atoms with Crippen LogP contribution >= 0.6 is 11.3 Å². The van der Waals surface area contributed by atoms with E-state index in [1.54, 1.807) is 30.8 Å². The number of ether oxygens (including phenoxy) is 2. The number of hydrogen-bond acceptors (Lipinski definition) is 8. The molecule has 0 aliphatic heterocycles. The molecule has 3 rings (SSSR count). The maximum absolute atomic E-state index is 12.1. The average Bonchev–Trinajstić information content (AvgIpc) is 3.12. The first-order valence-electron chi connectivity index (χ1n) is 9.24. The molecular formula is C19H25N5O3S. The van der Waals surface area contributed by atoms with Crippen LogP contribution in [0, 0.1) is 0 Å². The summed E-state index contributed by atoms with van der Waals surface area (Å²) in [5.41, 5.74) is 9.20. The van der Waals surface area contributed by atoms with Crippen molar-refractivity contribution in [3.8, 4) is 11.5 Å². The van der Waals surface area contributed by atoms with Gasteiger partial charge in [-0.05, 0) is 36.6 Å².